The van der Waals surface area contributed by atoms with Gasteiger partial charge in [-0.3, -0.25) is 9.59 Å². The fourth-order valence-electron chi connectivity index (χ4n) is 4.20. The number of nitrogens with one attached hydrogen (secondary N) is 1. The van der Waals surface area contributed by atoms with Gasteiger partial charge in [-0.05, 0) is 36.5 Å². The van der Waals surface area contributed by atoms with Gasteiger partial charge in [-0.1, -0.05) is 44.0 Å². The Labute approximate surface area is 140 Å². The van der Waals surface area contributed by atoms with Gasteiger partial charge in [0, 0.05) is 16.9 Å². The van der Waals surface area contributed by atoms with Crippen LogP contribution in [0, 0.1) is 16.2 Å². The van der Waals surface area contributed by atoms with Crippen LogP contribution in [0.5, 0.6) is 0 Å². The van der Waals surface area contributed by atoms with Crippen molar-refractivity contribution in [3.63, 3.8) is 0 Å². The highest BCUT2D eigenvalue weighted by Crippen LogP contribution is 2.70. The van der Waals surface area contributed by atoms with E-state index in [0.29, 0.717) is 22.2 Å². The summed E-state index contributed by atoms with van der Waals surface area (Å²) in [6, 6.07) is 4.96. The summed E-state index contributed by atoms with van der Waals surface area (Å²) in [5, 5.41) is 3.85. The Balaban J connectivity index is 1.96. The summed E-state index contributed by atoms with van der Waals surface area (Å²) >= 11 is 12.1. The van der Waals surface area contributed by atoms with Gasteiger partial charge in [0.2, 0.25) is 5.91 Å². The van der Waals surface area contributed by atoms with Crippen LogP contribution in [0.15, 0.2) is 18.2 Å². The summed E-state index contributed by atoms with van der Waals surface area (Å²) in [5.41, 5.74) is -0.948. The van der Waals surface area contributed by atoms with Crippen molar-refractivity contribution in [3.05, 3.63) is 28.2 Å². The molecule has 0 radical (unpaired) electrons. The van der Waals surface area contributed by atoms with E-state index < -0.39 is 10.8 Å². The molecule has 0 spiro atoms. The van der Waals surface area contributed by atoms with Gasteiger partial charge in [0.05, 0.1) is 16.1 Å². The van der Waals surface area contributed by atoms with Gasteiger partial charge < -0.3 is 5.32 Å². The second-order valence-corrected chi connectivity index (χ2v) is 8.06. The second-order valence-electron chi connectivity index (χ2n) is 7.22. The third-order valence-corrected chi connectivity index (χ3v) is 6.88. The third-order valence-electron chi connectivity index (χ3n) is 6.32. The molecule has 2 bridgehead atoms. The summed E-state index contributed by atoms with van der Waals surface area (Å²) in [4.78, 5) is 25.4. The number of anilines is 1. The topological polar surface area (TPSA) is 46.2 Å². The van der Waals surface area contributed by atoms with Gasteiger partial charge in [-0.25, -0.2) is 0 Å². The smallest absolute Gasteiger partial charge is 0.231 e. The van der Waals surface area contributed by atoms with E-state index in [2.05, 4.69) is 5.32 Å². The molecule has 2 atom stereocenters. The molecule has 1 N–H and O–H groups in total. The van der Waals surface area contributed by atoms with E-state index in [1.807, 2.05) is 20.8 Å². The van der Waals surface area contributed by atoms with Crippen LogP contribution in [-0.2, 0) is 9.59 Å². The highest BCUT2D eigenvalue weighted by atomic mass is 35.5. The summed E-state index contributed by atoms with van der Waals surface area (Å²) in [5.74, 6) is 0.0623. The lowest BCUT2D eigenvalue weighted by Crippen LogP contribution is -2.43. The number of hydrogen-bond acceptors (Lipinski definition) is 2. The van der Waals surface area contributed by atoms with Gasteiger partial charge in [0.15, 0.2) is 0 Å². The molecule has 1 aromatic carbocycles. The Kier molecular flexibility index (Phi) is 3.39. The predicted molar refractivity (Wildman–Crippen MR) is 88.3 cm³/mol. The molecular weight excluding hydrogens is 321 g/mol. The molecular formula is C17H19Cl2NO2. The van der Waals surface area contributed by atoms with E-state index in [-0.39, 0.29) is 17.1 Å². The zero-order valence-electron chi connectivity index (χ0n) is 12.9. The quantitative estimate of drug-likeness (QED) is 0.847. The Bertz CT molecular complexity index is 685. The van der Waals surface area contributed by atoms with Crippen molar-refractivity contribution in [2.24, 2.45) is 16.2 Å². The van der Waals surface area contributed by atoms with Crippen molar-refractivity contribution in [3.8, 4) is 0 Å². The fraction of sp³-hybridized carbons (Fsp3) is 0.529. The number of halogens is 2. The molecule has 2 fully saturated rings. The number of ketones is 1. The maximum Gasteiger partial charge on any atom is 0.231 e. The monoisotopic (exact) mass is 339 g/mol. The number of carbonyl (C=O) groups is 2. The van der Waals surface area contributed by atoms with E-state index in [1.165, 1.54) is 0 Å². The molecule has 0 aromatic heterocycles. The SMILES string of the molecule is CC1(C)[C@]2(C(=O)Nc3cc(Cl)ccc3Cl)CC[C@@]1(C)C(=O)C2. The van der Waals surface area contributed by atoms with E-state index in [9.17, 15) is 9.59 Å². The molecule has 3 nitrogen and oxygen atoms in total. The van der Waals surface area contributed by atoms with E-state index >= 15 is 0 Å². The van der Waals surface area contributed by atoms with Crippen molar-refractivity contribution in [1.82, 2.24) is 0 Å². The molecule has 118 valence electrons. The maximum atomic E-state index is 13.0. The van der Waals surface area contributed by atoms with E-state index in [1.54, 1.807) is 18.2 Å². The minimum Gasteiger partial charge on any atom is -0.324 e. The third kappa shape index (κ3) is 1.82. The number of fused-ring (bicyclic) bond motifs is 2. The Morgan fingerprint density at radius 1 is 1.18 bits per heavy atom. The number of benzene rings is 1. The van der Waals surface area contributed by atoms with Crippen molar-refractivity contribution < 1.29 is 9.59 Å². The first-order chi connectivity index (χ1) is 10.1. The molecule has 22 heavy (non-hydrogen) atoms. The van der Waals surface area contributed by atoms with Crippen LogP contribution < -0.4 is 5.32 Å². The lowest BCUT2D eigenvalue weighted by molar-refractivity contribution is -0.131. The minimum absolute atomic E-state index is 0.128. The summed E-state index contributed by atoms with van der Waals surface area (Å²) in [6.07, 6.45) is 1.79. The lowest BCUT2D eigenvalue weighted by atomic mass is 9.64. The van der Waals surface area contributed by atoms with Crippen LogP contribution in [0.1, 0.15) is 40.0 Å². The molecule has 0 unspecified atom stereocenters. The fourth-order valence-corrected chi connectivity index (χ4v) is 4.53. The first kappa shape index (κ1) is 15.8. The molecule has 3 rings (SSSR count). The Morgan fingerprint density at radius 3 is 2.41 bits per heavy atom. The van der Waals surface area contributed by atoms with Gasteiger partial charge in [0.1, 0.15) is 5.78 Å². The average molecular weight is 340 g/mol. The number of hydrogen-bond donors (Lipinski definition) is 1. The predicted octanol–water partition coefficient (Wildman–Crippen LogP) is 4.72. The van der Waals surface area contributed by atoms with Crippen LogP contribution in [0.3, 0.4) is 0 Å². The number of amides is 1. The molecule has 0 aliphatic heterocycles. The van der Waals surface area contributed by atoms with Gasteiger partial charge in [-0.15, -0.1) is 0 Å². The van der Waals surface area contributed by atoms with Crippen molar-refractivity contribution in [1.29, 1.82) is 0 Å². The van der Waals surface area contributed by atoms with Crippen LogP contribution in [0.2, 0.25) is 10.0 Å². The van der Waals surface area contributed by atoms with Gasteiger partial charge >= 0.3 is 0 Å². The largest absolute Gasteiger partial charge is 0.324 e. The van der Waals surface area contributed by atoms with Crippen LogP contribution in [-0.4, -0.2) is 11.7 Å². The second kappa shape index (κ2) is 4.72. The van der Waals surface area contributed by atoms with Crippen LogP contribution >= 0.6 is 23.2 Å². The molecule has 5 heteroatoms. The maximum absolute atomic E-state index is 13.0. The zero-order chi connectivity index (χ0) is 16.3. The van der Waals surface area contributed by atoms with E-state index in [0.717, 1.165) is 12.8 Å². The lowest BCUT2D eigenvalue weighted by Gasteiger charge is -2.38. The highest BCUT2D eigenvalue weighted by molar-refractivity contribution is 6.35. The van der Waals surface area contributed by atoms with Crippen LogP contribution in [0.4, 0.5) is 5.69 Å². The Hall–Kier alpha value is -1.06. The standard InChI is InChI=1S/C17H19Cl2NO2/c1-15(2)16(3)6-7-17(15,9-13(16)21)14(22)20-12-8-10(18)4-5-11(12)19/h4-5,8H,6-7,9H2,1-3H3,(H,20,22)/t16-,17+/m0/s1. The Morgan fingerprint density at radius 2 is 1.86 bits per heavy atom. The average Bonchev–Trinajstić information content (AvgIpc) is 2.73. The summed E-state index contributed by atoms with van der Waals surface area (Å²) < 4.78 is 0. The van der Waals surface area contributed by atoms with Crippen molar-refractivity contribution >= 4 is 40.6 Å². The zero-order valence-corrected chi connectivity index (χ0v) is 14.4. The molecule has 0 heterocycles. The number of rotatable bonds is 2. The van der Waals surface area contributed by atoms with E-state index in [4.69, 9.17) is 23.2 Å². The normalized spacial score (nSPS) is 32.3. The van der Waals surface area contributed by atoms with Crippen LogP contribution in [0.25, 0.3) is 0 Å². The molecule has 2 aliphatic carbocycles. The number of carbonyl (C=O) groups excluding carboxylic acids is 2. The highest BCUT2D eigenvalue weighted by Gasteiger charge is 2.72. The summed E-state index contributed by atoms with van der Waals surface area (Å²) in [7, 11) is 0. The molecule has 2 aliphatic rings. The molecule has 1 amide bonds. The van der Waals surface area contributed by atoms with Gasteiger partial charge in [-0.2, -0.15) is 0 Å². The molecule has 0 saturated heterocycles. The molecule has 1 aromatic rings. The first-order valence-electron chi connectivity index (χ1n) is 7.44. The molecule has 2 saturated carbocycles. The van der Waals surface area contributed by atoms with Crippen molar-refractivity contribution in [2.45, 2.75) is 40.0 Å². The minimum atomic E-state index is -0.662. The first-order valence-corrected chi connectivity index (χ1v) is 8.19. The van der Waals surface area contributed by atoms with Crippen molar-refractivity contribution in [2.75, 3.05) is 5.32 Å². The van der Waals surface area contributed by atoms with Gasteiger partial charge in [0.25, 0.3) is 0 Å². The summed E-state index contributed by atoms with van der Waals surface area (Å²) in [6.45, 7) is 6.05. The number of Topliss-reactive ketones (excluding diaryl/α,β-unsaturated/α-hetero) is 1.